The third-order valence-electron chi connectivity index (χ3n) is 6.10. The van der Waals surface area contributed by atoms with E-state index in [4.69, 9.17) is 4.98 Å². The smallest absolute Gasteiger partial charge is 0.273 e. The number of carbonyl (C=O) groups is 1. The van der Waals surface area contributed by atoms with Gasteiger partial charge in [-0.05, 0) is 49.1 Å². The van der Waals surface area contributed by atoms with E-state index in [0.29, 0.717) is 36.2 Å². The number of rotatable bonds is 7. The van der Waals surface area contributed by atoms with Crippen LogP contribution in [0.3, 0.4) is 0 Å². The first kappa shape index (κ1) is 22.5. The van der Waals surface area contributed by atoms with Crippen LogP contribution in [0.15, 0.2) is 40.5 Å². The summed E-state index contributed by atoms with van der Waals surface area (Å²) in [4.78, 5) is 33.2. The number of fused-ring (bicyclic) bond motifs is 1. The van der Waals surface area contributed by atoms with Crippen LogP contribution >= 0.6 is 11.3 Å². The molecule has 1 aromatic carbocycles. The lowest BCUT2D eigenvalue weighted by atomic mass is 9.97. The normalized spacial score (nSPS) is 16.6. The van der Waals surface area contributed by atoms with E-state index in [-0.39, 0.29) is 17.4 Å². The SMILES string of the molecule is Cc1ccc(Cn2c(N3CCC[C@@H](C(=O)NCCC(C)C)C3)nc3ccsc3c2=O)cc1. The molecule has 1 aliphatic rings. The summed E-state index contributed by atoms with van der Waals surface area (Å²) in [6.45, 7) is 8.94. The van der Waals surface area contributed by atoms with Crippen molar-refractivity contribution in [2.24, 2.45) is 11.8 Å². The van der Waals surface area contributed by atoms with E-state index in [9.17, 15) is 9.59 Å². The van der Waals surface area contributed by atoms with E-state index < -0.39 is 0 Å². The van der Waals surface area contributed by atoms with Crippen LogP contribution in [0.2, 0.25) is 0 Å². The molecule has 1 atom stereocenters. The van der Waals surface area contributed by atoms with Crippen molar-refractivity contribution < 1.29 is 4.79 Å². The minimum atomic E-state index is -0.0844. The Labute approximate surface area is 193 Å². The third kappa shape index (κ3) is 5.04. The number of nitrogens with zero attached hydrogens (tertiary/aromatic N) is 3. The predicted molar refractivity (Wildman–Crippen MR) is 132 cm³/mol. The maximum Gasteiger partial charge on any atom is 0.273 e. The van der Waals surface area contributed by atoms with Gasteiger partial charge in [-0.2, -0.15) is 0 Å². The topological polar surface area (TPSA) is 67.2 Å². The molecule has 32 heavy (non-hydrogen) atoms. The summed E-state index contributed by atoms with van der Waals surface area (Å²) < 4.78 is 2.46. The van der Waals surface area contributed by atoms with Crippen LogP contribution in [0.5, 0.6) is 0 Å². The van der Waals surface area contributed by atoms with Crippen LogP contribution in [-0.2, 0) is 11.3 Å². The summed E-state index contributed by atoms with van der Waals surface area (Å²) in [7, 11) is 0. The number of hydrogen-bond acceptors (Lipinski definition) is 5. The van der Waals surface area contributed by atoms with Crippen molar-refractivity contribution >= 4 is 33.4 Å². The number of amides is 1. The zero-order valence-corrected chi connectivity index (χ0v) is 20.0. The van der Waals surface area contributed by atoms with Gasteiger partial charge < -0.3 is 10.2 Å². The largest absolute Gasteiger partial charge is 0.356 e. The molecular formula is C25H32N4O2S. The van der Waals surface area contributed by atoms with Gasteiger partial charge in [0.15, 0.2) is 0 Å². The van der Waals surface area contributed by atoms with Crippen molar-refractivity contribution in [3.8, 4) is 0 Å². The lowest BCUT2D eigenvalue weighted by Gasteiger charge is -2.34. The molecule has 1 fully saturated rings. The third-order valence-corrected chi connectivity index (χ3v) is 6.99. The molecule has 0 radical (unpaired) electrons. The summed E-state index contributed by atoms with van der Waals surface area (Å²) in [6.07, 6.45) is 2.76. The fourth-order valence-electron chi connectivity index (χ4n) is 4.19. The second kappa shape index (κ2) is 9.86. The molecule has 3 heterocycles. The Kier molecular flexibility index (Phi) is 6.94. The fraction of sp³-hybridized carbons (Fsp3) is 0.480. The van der Waals surface area contributed by atoms with Gasteiger partial charge in [0.25, 0.3) is 5.56 Å². The molecule has 1 N–H and O–H groups in total. The van der Waals surface area contributed by atoms with E-state index in [2.05, 4.69) is 55.3 Å². The second-order valence-electron chi connectivity index (χ2n) is 9.18. The summed E-state index contributed by atoms with van der Waals surface area (Å²) in [5.41, 5.74) is 2.98. The first-order valence-electron chi connectivity index (χ1n) is 11.5. The summed E-state index contributed by atoms with van der Waals surface area (Å²) in [5, 5.41) is 5.02. The Morgan fingerprint density at radius 3 is 2.78 bits per heavy atom. The van der Waals surface area contributed by atoms with Crippen molar-refractivity contribution in [2.45, 2.75) is 46.6 Å². The van der Waals surface area contributed by atoms with Gasteiger partial charge in [0.05, 0.1) is 18.0 Å². The van der Waals surface area contributed by atoms with Crippen molar-refractivity contribution in [2.75, 3.05) is 24.5 Å². The minimum absolute atomic E-state index is 0.0101. The highest BCUT2D eigenvalue weighted by Crippen LogP contribution is 2.25. The Morgan fingerprint density at radius 1 is 1.25 bits per heavy atom. The summed E-state index contributed by atoms with van der Waals surface area (Å²) in [6, 6.07) is 10.2. The van der Waals surface area contributed by atoms with Gasteiger partial charge in [0.1, 0.15) is 4.70 Å². The summed E-state index contributed by atoms with van der Waals surface area (Å²) in [5.74, 6) is 1.26. The molecule has 0 bridgehead atoms. The van der Waals surface area contributed by atoms with Crippen molar-refractivity contribution in [1.29, 1.82) is 0 Å². The molecule has 1 amide bonds. The Bertz CT molecular complexity index is 1130. The summed E-state index contributed by atoms with van der Waals surface area (Å²) >= 11 is 1.43. The molecule has 6 nitrogen and oxygen atoms in total. The van der Waals surface area contributed by atoms with Crippen LogP contribution in [0.1, 0.15) is 44.2 Å². The standard InChI is InChI=1S/C25H32N4O2S/c1-17(2)10-12-26-23(30)20-5-4-13-28(16-20)25-27-21-11-14-32-22(21)24(31)29(25)15-19-8-6-18(3)7-9-19/h6-9,11,14,17,20H,4-5,10,12-13,15-16H2,1-3H3,(H,26,30)/t20-/m1/s1. The molecule has 3 aromatic rings. The number of aromatic nitrogens is 2. The van der Waals surface area contributed by atoms with Gasteiger partial charge in [-0.3, -0.25) is 14.2 Å². The van der Waals surface area contributed by atoms with Gasteiger partial charge in [-0.1, -0.05) is 43.7 Å². The van der Waals surface area contributed by atoms with E-state index >= 15 is 0 Å². The molecule has 1 aliphatic heterocycles. The monoisotopic (exact) mass is 452 g/mol. The highest BCUT2D eigenvalue weighted by Gasteiger charge is 2.28. The number of aryl methyl sites for hydroxylation is 1. The van der Waals surface area contributed by atoms with Gasteiger partial charge in [0.2, 0.25) is 11.9 Å². The van der Waals surface area contributed by atoms with Gasteiger partial charge in [-0.15, -0.1) is 11.3 Å². The quantitative estimate of drug-likeness (QED) is 0.584. The zero-order chi connectivity index (χ0) is 22.7. The van der Waals surface area contributed by atoms with Crippen LogP contribution in [0.25, 0.3) is 10.2 Å². The average molecular weight is 453 g/mol. The number of thiophene rings is 1. The Hall–Kier alpha value is -2.67. The molecule has 4 rings (SSSR count). The molecule has 0 spiro atoms. The van der Waals surface area contributed by atoms with Crippen LogP contribution in [0.4, 0.5) is 5.95 Å². The maximum atomic E-state index is 13.4. The highest BCUT2D eigenvalue weighted by atomic mass is 32.1. The van der Waals surface area contributed by atoms with Crippen LogP contribution in [-0.4, -0.2) is 35.1 Å². The first-order chi connectivity index (χ1) is 15.4. The highest BCUT2D eigenvalue weighted by molar-refractivity contribution is 7.17. The zero-order valence-electron chi connectivity index (χ0n) is 19.1. The first-order valence-corrected chi connectivity index (χ1v) is 12.4. The average Bonchev–Trinajstić information content (AvgIpc) is 3.26. The van der Waals surface area contributed by atoms with E-state index in [1.54, 1.807) is 4.57 Å². The van der Waals surface area contributed by atoms with Gasteiger partial charge >= 0.3 is 0 Å². The van der Waals surface area contributed by atoms with Gasteiger partial charge in [-0.25, -0.2) is 4.98 Å². The maximum absolute atomic E-state index is 13.4. The van der Waals surface area contributed by atoms with Crippen molar-refractivity contribution in [3.05, 3.63) is 57.2 Å². The predicted octanol–water partition coefficient (Wildman–Crippen LogP) is 4.19. The Morgan fingerprint density at radius 2 is 2.03 bits per heavy atom. The van der Waals surface area contributed by atoms with E-state index in [1.807, 2.05) is 11.4 Å². The number of carbonyl (C=O) groups excluding carboxylic acids is 1. The molecule has 0 aliphatic carbocycles. The number of piperidine rings is 1. The lowest BCUT2D eigenvalue weighted by Crippen LogP contribution is -2.45. The molecule has 0 saturated carbocycles. The van der Waals surface area contributed by atoms with Crippen LogP contribution < -0.4 is 15.8 Å². The fourth-order valence-corrected chi connectivity index (χ4v) is 4.97. The van der Waals surface area contributed by atoms with Gasteiger partial charge in [0, 0.05) is 19.6 Å². The molecule has 2 aromatic heterocycles. The molecule has 0 unspecified atom stereocenters. The van der Waals surface area contributed by atoms with Crippen LogP contribution in [0, 0.1) is 18.8 Å². The number of benzene rings is 1. The minimum Gasteiger partial charge on any atom is -0.356 e. The number of hydrogen-bond donors (Lipinski definition) is 1. The molecular weight excluding hydrogens is 420 g/mol. The molecule has 170 valence electrons. The Balaban J connectivity index is 1.61. The second-order valence-corrected chi connectivity index (χ2v) is 10.1. The van der Waals surface area contributed by atoms with E-state index in [0.717, 1.165) is 36.9 Å². The number of nitrogens with one attached hydrogen (secondary N) is 1. The van der Waals surface area contributed by atoms with E-state index in [1.165, 1.54) is 16.9 Å². The van der Waals surface area contributed by atoms with Crippen molar-refractivity contribution in [1.82, 2.24) is 14.9 Å². The molecule has 1 saturated heterocycles. The lowest BCUT2D eigenvalue weighted by molar-refractivity contribution is -0.125. The number of anilines is 1. The molecule has 7 heteroatoms. The van der Waals surface area contributed by atoms with Crippen molar-refractivity contribution in [3.63, 3.8) is 0 Å².